The number of carbonyl (C=O) groups is 5. The number of rotatable bonds is 51. The molecule has 150 heavy (non-hydrogen) atoms. The number of aromatic nitrogens is 6. The fraction of sp³-hybridized carbons (Fsp3) is 0.349. The number of nitriles is 4. The van der Waals surface area contributed by atoms with Crippen molar-refractivity contribution >= 4 is 171 Å². The van der Waals surface area contributed by atoms with E-state index < -0.39 is 125 Å². The summed E-state index contributed by atoms with van der Waals surface area (Å²) in [6.07, 6.45) is 5.74. The van der Waals surface area contributed by atoms with Crippen LogP contribution in [0, 0.1) is 52.2 Å². The van der Waals surface area contributed by atoms with Crippen LogP contribution >= 0.6 is 12.0 Å². The number of nitrogens with zero attached hydrogens (tertiary/aromatic N) is 19. The van der Waals surface area contributed by atoms with Gasteiger partial charge in [-0.15, -0.1) is 30.7 Å². The molecule has 6 aromatic carbocycles. The number of nitrogens with one attached hydrogen (secondary N) is 3. The Labute approximate surface area is 1250 Å². The van der Waals surface area contributed by atoms with Crippen LogP contribution in [0.1, 0.15) is 146 Å². The van der Waals surface area contributed by atoms with Gasteiger partial charge in [0.2, 0.25) is 17.7 Å². The second kappa shape index (κ2) is 77.5. The van der Waals surface area contributed by atoms with Gasteiger partial charge in [-0.1, -0.05) is 36.4 Å². The monoisotopic (exact) mass is 2430 g/mol. The van der Waals surface area contributed by atoms with Crippen LogP contribution in [0.2, 0.25) is 0 Å². The number of amides is 3. The largest absolute Gasteiger partial charge is 1.00 e. The topological polar surface area (TPSA) is 794 Å². The second-order valence-electron chi connectivity index (χ2n) is 30.1. The van der Waals surface area contributed by atoms with E-state index in [0.717, 1.165) is 20.2 Å². The summed E-state index contributed by atoms with van der Waals surface area (Å²) in [5, 5.41) is 122. The fourth-order valence-corrected chi connectivity index (χ4v) is 17.2. The number of hydrogen-bond acceptors (Lipinski definition) is 46. The van der Waals surface area contributed by atoms with Gasteiger partial charge in [-0.2, -0.15) is 40.7 Å². The number of benzene rings is 6. The van der Waals surface area contributed by atoms with Crippen molar-refractivity contribution in [3.63, 3.8) is 0 Å². The summed E-state index contributed by atoms with van der Waals surface area (Å²) < 4.78 is 212. The van der Waals surface area contributed by atoms with Gasteiger partial charge in [0.15, 0.2) is 17.5 Å². The van der Waals surface area contributed by atoms with Crippen molar-refractivity contribution in [2.75, 3.05) is 112 Å². The Hall–Kier alpha value is 0.677. The summed E-state index contributed by atoms with van der Waals surface area (Å²) in [4.78, 5) is 65.5. The number of anilines is 6. The Bertz CT molecular complexity index is 6960. The van der Waals surface area contributed by atoms with Crippen LogP contribution in [-0.4, -0.2) is 218 Å². The van der Waals surface area contributed by atoms with Crippen LogP contribution in [0.4, 0.5) is 68.6 Å². The summed E-state index contributed by atoms with van der Waals surface area (Å²) in [7, 11) is -25.2. The molecule has 0 aliphatic carbocycles. The zero-order chi connectivity index (χ0) is 104. The maximum Gasteiger partial charge on any atom is 1.00 e. The summed E-state index contributed by atoms with van der Waals surface area (Å²) in [5.41, 5.74) is 2.68. The second-order valence-corrected chi connectivity index (χ2v) is 40.0. The van der Waals surface area contributed by atoms with Crippen molar-refractivity contribution in [1.82, 2.24) is 29.3 Å². The number of ether oxygens (including phenoxy) is 1. The zero-order valence-corrected chi connectivity index (χ0v) is 118. The van der Waals surface area contributed by atoms with Gasteiger partial charge in [-0.25, -0.2) is 64.6 Å². The van der Waals surface area contributed by atoms with Gasteiger partial charge in [-0.05, 0) is 162 Å². The first-order valence-electron chi connectivity index (χ1n) is 41.7. The molecule has 9 aromatic rings. The van der Waals surface area contributed by atoms with E-state index in [1.54, 1.807) is 64.1 Å². The number of carboxylic acids is 2. The Kier molecular flexibility index (Phi) is 79.9. The summed E-state index contributed by atoms with van der Waals surface area (Å²) in [6.45, 7) is 6.97. The molecular formula is C83H87K9N22O29S7. The predicted molar refractivity (Wildman–Crippen MR) is 492 cm³/mol. The number of aryl methyl sites for hydroxylation is 1. The molecule has 0 unspecified atom stereocenters. The summed E-state index contributed by atoms with van der Waals surface area (Å²) in [5.74, 6) is -8.00. The van der Waals surface area contributed by atoms with E-state index in [9.17, 15) is 138 Å². The predicted octanol–water partition coefficient (Wildman–Crippen LogP) is -20.1. The number of para-hydroxylation sites is 3. The molecular weight excluding hydrogens is 2350 g/mol. The molecule has 67 heteroatoms. The molecule has 0 fully saturated rings. The molecule has 0 aliphatic heterocycles. The number of carboxylic acid groups (broad SMARTS) is 2. The maximum absolute atomic E-state index is 12.1. The molecule has 0 atom stereocenters. The number of aromatic carboxylic acids is 2. The minimum atomic E-state index is -4.42. The van der Waals surface area contributed by atoms with Crippen LogP contribution in [0.15, 0.2) is 163 Å². The van der Waals surface area contributed by atoms with Gasteiger partial charge >= 0.3 is 462 Å². The molecule has 0 saturated heterocycles. The molecule has 3 amide bonds. The van der Waals surface area contributed by atoms with Gasteiger partial charge in [-0.3, -0.25) is 19.4 Å². The number of unbranched alkanes of at least 4 members (excludes halogenated alkanes) is 6. The van der Waals surface area contributed by atoms with Crippen LogP contribution in [-0.2, 0) is 84.5 Å². The summed E-state index contributed by atoms with van der Waals surface area (Å²) in [6, 6.07) is 34.9. The normalized spacial score (nSPS) is 11.0. The van der Waals surface area contributed by atoms with Gasteiger partial charge in [0.05, 0.1) is 144 Å². The number of carbonyl (C=O) groups excluding carboxylic acids is 5. The van der Waals surface area contributed by atoms with E-state index in [2.05, 4.69) is 71.3 Å². The van der Waals surface area contributed by atoms with Crippen molar-refractivity contribution in [3.8, 4) is 47.1 Å². The molecule has 3 aromatic heterocycles. The molecule has 0 spiro atoms. The van der Waals surface area contributed by atoms with Gasteiger partial charge in [0.1, 0.15) is 75.2 Å². The molecule has 0 saturated carbocycles. The van der Waals surface area contributed by atoms with E-state index in [1.807, 2.05) is 24.3 Å². The van der Waals surface area contributed by atoms with Crippen LogP contribution in [0.5, 0.6) is 5.75 Å². The number of azo groups is 3. The van der Waals surface area contributed by atoms with Gasteiger partial charge in [0.25, 0.3) is 0 Å². The first kappa shape index (κ1) is 155. The molecule has 0 aliphatic rings. The molecule has 3 N–H and O–H groups in total. The Balaban J connectivity index is -0.00000210. The Morgan fingerprint density at radius 3 is 0.920 bits per heavy atom. The van der Waals surface area contributed by atoms with E-state index >= 15 is 0 Å². The van der Waals surface area contributed by atoms with Crippen molar-refractivity contribution in [3.05, 3.63) is 167 Å². The number of methoxy groups -OCH3 is 1. The first-order valence-corrected chi connectivity index (χ1v) is 51.9. The first-order chi connectivity index (χ1) is 66.5. The van der Waals surface area contributed by atoms with Crippen LogP contribution in [0.3, 0.4) is 0 Å². The quantitative estimate of drug-likeness (QED) is 0.00606. The SMILES string of the molecule is CC(=O)Nc1cc(N(CCCCS(=O)(=O)[O-])CCCCS(=O)(=O)[O-])ccc1N=Nc1c(C#N)cnn1-c1c(C#N)cccc1SOO[O-].CC(=O)Nc1cc(N(CCCCS(=O)(=O)[O-])CCCCS(=O)(=O)[O-])ccc1N=Nc1c(C#N)cnn1-c1c(C)cccc1C(=O)[O-].COc1cccc(C(=O)[O-])c1-n1ncc(C#N)c1N=Nc1ccc(N(CCCCS(=O)(=O)[O-])CCCCS(=O)(=O)[O-])cc1NC(C)=O.[K+].[K+].[K+].[K+].[K+].[K+].[K+].[K+].[K+]. The third-order valence-corrected chi connectivity index (χ3v) is 24.9. The van der Waals surface area contributed by atoms with Gasteiger partial charge < -0.3 is 87.8 Å². The average molecular weight is 2430 g/mol. The molecule has 754 valence electrons. The molecule has 9 rings (SSSR count). The van der Waals surface area contributed by atoms with Crippen LogP contribution in [0.25, 0.3) is 17.1 Å². The van der Waals surface area contributed by atoms with Crippen molar-refractivity contribution in [2.45, 2.75) is 110 Å². The zero-order valence-electron chi connectivity index (χ0n) is 84.3. The van der Waals surface area contributed by atoms with E-state index in [1.165, 1.54) is 107 Å². The summed E-state index contributed by atoms with van der Waals surface area (Å²) >= 11 is 0.497. The van der Waals surface area contributed by atoms with E-state index in [4.69, 9.17) is 4.74 Å². The van der Waals surface area contributed by atoms with E-state index in [0.29, 0.717) is 47.5 Å². The Morgan fingerprint density at radius 1 is 0.380 bits per heavy atom. The van der Waals surface area contributed by atoms with Crippen molar-refractivity contribution in [1.29, 1.82) is 21.0 Å². The van der Waals surface area contributed by atoms with Crippen LogP contribution < -0.4 is 513 Å². The molecule has 3 heterocycles. The fourth-order valence-electron chi connectivity index (χ4n) is 13.4. The third-order valence-electron chi connectivity index (χ3n) is 19.6. The van der Waals surface area contributed by atoms with Gasteiger partial charge in [0, 0.05) is 123 Å². The average Bonchev–Trinajstić information content (AvgIpc) is 1.63. The van der Waals surface area contributed by atoms with E-state index in [-0.39, 0.29) is 679 Å². The standard InChI is InChI=1S/C28H33N7O10S2.C28H33N7O9S2.C27H30N8O10S3.9K/c1-19(36)31-24-16-21(34(12-3-5-14-46(39,40)41)13-4-6-15-47(42,43)44)10-11-23(24)32-33-27-20(17-29)18-30-35(27)26-22(28(37)38)8-7-9-25(26)45-2;1-19-8-7-9-23(28(37)38)26(19)35-27(21(17-29)18-30-35)33-32-24-11-10-22(16-25(24)31-20(2)36)34(12-3-5-14-45(39,40)41)13-4-6-15-46(42,43)44;1-19(36)31-24-15-22(34(11-2-4-13-47(38,39)40)12-3-5-14-48(41,42)43)9-10-23(24)32-33-27-21(17-29)18-30-35(27)26-20(16-28)7-6-8-25(26)46-45-44-37;;;;;;;;;/h7-11,16,18H,3-6,12-15H2,1-2H3,(H,31,36)(H,37,38)(H,39,40,41)(H,42,43,44);7-11,16,18H,3-6,12-15H2,1-2H3,(H,31,36)(H,37,38)(H,39,40,41)(H,42,43,44);6-10,15,18,37H,2-5,11-14H2,1H3,(H,31,36)(H,38,39,40)(H,41,42,43);;;;;;;;;/q;;;9*+1/p-9. The minimum absolute atomic E-state index is 0. The molecule has 0 bridgehead atoms. The third kappa shape index (κ3) is 55.5. The van der Waals surface area contributed by atoms with Crippen molar-refractivity contribution < 1.29 is 594 Å². The molecule has 51 nitrogen and oxygen atoms in total. The smallest absolute Gasteiger partial charge is 0.748 e. The Morgan fingerprint density at radius 2 is 0.653 bits per heavy atom. The minimum Gasteiger partial charge on any atom is -0.748 e. The number of hydrogen-bond donors (Lipinski definition) is 3. The maximum atomic E-state index is 12.1. The molecule has 0 radical (unpaired) electrons. The van der Waals surface area contributed by atoms with Crippen molar-refractivity contribution in [2.24, 2.45) is 30.7 Å².